The summed E-state index contributed by atoms with van der Waals surface area (Å²) in [5.41, 5.74) is 0.426. The summed E-state index contributed by atoms with van der Waals surface area (Å²) in [6.07, 6.45) is -1.96. The van der Waals surface area contributed by atoms with Crippen LogP contribution in [0.5, 0.6) is 11.8 Å². The van der Waals surface area contributed by atoms with E-state index in [-0.39, 0.29) is 11.2 Å². The highest BCUT2D eigenvalue weighted by atomic mass is 79.9. The van der Waals surface area contributed by atoms with E-state index in [4.69, 9.17) is 9.47 Å². The van der Waals surface area contributed by atoms with Crippen LogP contribution < -0.4 is 9.47 Å². The number of alkyl halides is 1. The SMILES string of the molecule is COc1ccc(C(O)C(O)CBr)c(OC)n1. The van der Waals surface area contributed by atoms with Crippen LogP contribution in [0.1, 0.15) is 11.7 Å². The average Bonchev–Trinajstić information content (AvgIpc) is 2.35. The summed E-state index contributed by atoms with van der Waals surface area (Å²) in [6, 6.07) is 3.21. The lowest BCUT2D eigenvalue weighted by atomic mass is 10.1. The van der Waals surface area contributed by atoms with E-state index in [9.17, 15) is 10.2 Å². The van der Waals surface area contributed by atoms with Gasteiger partial charge in [-0.05, 0) is 6.07 Å². The highest BCUT2D eigenvalue weighted by Crippen LogP contribution is 2.28. The third-order valence-corrected chi connectivity index (χ3v) is 2.77. The maximum absolute atomic E-state index is 9.82. The molecule has 0 spiro atoms. The average molecular weight is 292 g/mol. The number of rotatable bonds is 5. The molecule has 90 valence electrons. The molecule has 0 aromatic carbocycles. The first-order valence-corrected chi connectivity index (χ1v) is 5.77. The van der Waals surface area contributed by atoms with Gasteiger partial charge in [0.05, 0.1) is 20.3 Å². The molecule has 2 atom stereocenters. The predicted octanol–water partition coefficient (Wildman–Crippen LogP) is 0.888. The molecule has 0 saturated carbocycles. The summed E-state index contributed by atoms with van der Waals surface area (Å²) in [5, 5.41) is 19.6. The van der Waals surface area contributed by atoms with Crippen LogP contribution in [0.25, 0.3) is 0 Å². The van der Waals surface area contributed by atoms with Crippen LogP contribution in [-0.4, -0.2) is 40.9 Å². The maximum atomic E-state index is 9.82. The zero-order chi connectivity index (χ0) is 12.1. The standard InChI is InChI=1S/C10H14BrNO4/c1-15-8-4-3-6(10(12-8)16-2)9(14)7(13)5-11/h3-4,7,9,13-14H,5H2,1-2H3. The molecule has 5 nitrogen and oxygen atoms in total. The van der Waals surface area contributed by atoms with Crippen molar-refractivity contribution in [3.63, 3.8) is 0 Å². The molecule has 1 aromatic heterocycles. The van der Waals surface area contributed by atoms with E-state index >= 15 is 0 Å². The smallest absolute Gasteiger partial charge is 0.222 e. The zero-order valence-electron chi connectivity index (χ0n) is 9.05. The third kappa shape index (κ3) is 2.84. The Morgan fingerprint density at radius 1 is 1.31 bits per heavy atom. The molecule has 6 heteroatoms. The molecule has 0 saturated heterocycles. The van der Waals surface area contributed by atoms with Gasteiger partial charge < -0.3 is 19.7 Å². The van der Waals surface area contributed by atoms with Crippen LogP contribution in [0.3, 0.4) is 0 Å². The van der Waals surface area contributed by atoms with Crippen molar-refractivity contribution >= 4 is 15.9 Å². The fraction of sp³-hybridized carbons (Fsp3) is 0.500. The van der Waals surface area contributed by atoms with Crippen LogP contribution in [0, 0.1) is 0 Å². The molecule has 0 radical (unpaired) electrons. The van der Waals surface area contributed by atoms with Gasteiger partial charge >= 0.3 is 0 Å². The molecule has 2 N–H and O–H groups in total. The largest absolute Gasteiger partial charge is 0.481 e. The van der Waals surface area contributed by atoms with Crippen molar-refractivity contribution in [3.8, 4) is 11.8 Å². The van der Waals surface area contributed by atoms with Gasteiger partial charge in [-0.25, -0.2) is 0 Å². The molecule has 0 bridgehead atoms. The minimum Gasteiger partial charge on any atom is -0.481 e. The van der Waals surface area contributed by atoms with Crippen molar-refractivity contribution in [3.05, 3.63) is 17.7 Å². The molecule has 0 aliphatic rings. The van der Waals surface area contributed by atoms with Gasteiger partial charge in [-0.1, -0.05) is 15.9 Å². The van der Waals surface area contributed by atoms with Gasteiger partial charge in [0.25, 0.3) is 0 Å². The van der Waals surface area contributed by atoms with Crippen molar-refractivity contribution in [2.24, 2.45) is 0 Å². The van der Waals surface area contributed by atoms with Crippen molar-refractivity contribution < 1.29 is 19.7 Å². The number of hydrogen-bond donors (Lipinski definition) is 2. The fourth-order valence-electron chi connectivity index (χ4n) is 1.23. The summed E-state index contributed by atoms with van der Waals surface area (Å²) < 4.78 is 9.96. The molecule has 1 aromatic rings. The highest BCUT2D eigenvalue weighted by molar-refractivity contribution is 9.09. The number of hydrogen-bond acceptors (Lipinski definition) is 5. The molecule has 0 aliphatic heterocycles. The number of aromatic nitrogens is 1. The Hall–Kier alpha value is -0.850. The van der Waals surface area contributed by atoms with Crippen molar-refractivity contribution in [1.29, 1.82) is 0 Å². The number of nitrogens with zero attached hydrogens (tertiary/aromatic N) is 1. The molecule has 2 unspecified atom stereocenters. The molecule has 0 amide bonds. The second kappa shape index (κ2) is 6.03. The Balaban J connectivity index is 3.03. The molecule has 0 aliphatic carbocycles. The summed E-state index contributed by atoms with van der Waals surface area (Å²) in [7, 11) is 2.93. The first-order chi connectivity index (χ1) is 7.63. The van der Waals surface area contributed by atoms with Crippen LogP contribution in [0.15, 0.2) is 12.1 Å². The van der Waals surface area contributed by atoms with Crippen LogP contribution >= 0.6 is 15.9 Å². The Bertz CT molecular complexity index is 348. The molecule has 1 rings (SSSR count). The minimum absolute atomic E-state index is 0.242. The summed E-state index contributed by atoms with van der Waals surface area (Å²) in [6.45, 7) is 0. The highest BCUT2D eigenvalue weighted by Gasteiger charge is 2.22. The Morgan fingerprint density at radius 2 is 2.00 bits per heavy atom. The number of halogens is 1. The van der Waals surface area contributed by atoms with E-state index in [2.05, 4.69) is 20.9 Å². The van der Waals surface area contributed by atoms with E-state index < -0.39 is 12.2 Å². The summed E-state index contributed by atoms with van der Waals surface area (Å²) >= 11 is 3.09. The maximum Gasteiger partial charge on any atom is 0.222 e. The fourth-order valence-corrected chi connectivity index (χ4v) is 1.58. The second-order valence-corrected chi connectivity index (χ2v) is 3.77. The number of aliphatic hydroxyl groups excluding tert-OH is 2. The van der Waals surface area contributed by atoms with E-state index in [1.165, 1.54) is 14.2 Å². The van der Waals surface area contributed by atoms with Crippen LogP contribution in [0.2, 0.25) is 0 Å². The quantitative estimate of drug-likeness (QED) is 0.789. The van der Waals surface area contributed by atoms with Gasteiger partial charge in [0.2, 0.25) is 11.8 Å². The Kier molecular flexibility index (Phi) is 4.98. The molecular formula is C10H14BrNO4. The molecule has 0 fully saturated rings. The lowest BCUT2D eigenvalue weighted by molar-refractivity contribution is 0.0323. The second-order valence-electron chi connectivity index (χ2n) is 3.12. The normalized spacial score (nSPS) is 14.3. The minimum atomic E-state index is -1.05. The van der Waals surface area contributed by atoms with Gasteiger partial charge in [-0.3, -0.25) is 0 Å². The number of pyridine rings is 1. The molecule has 1 heterocycles. The number of aliphatic hydroxyl groups is 2. The van der Waals surface area contributed by atoms with Gasteiger partial charge in [0.15, 0.2) is 0 Å². The van der Waals surface area contributed by atoms with Crippen LogP contribution in [0.4, 0.5) is 0 Å². The monoisotopic (exact) mass is 291 g/mol. The Labute approximate surface area is 102 Å². The lowest BCUT2D eigenvalue weighted by Gasteiger charge is -2.18. The van der Waals surface area contributed by atoms with E-state index in [1.54, 1.807) is 12.1 Å². The van der Waals surface area contributed by atoms with E-state index in [0.717, 1.165) is 0 Å². The summed E-state index contributed by atoms with van der Waals surface area (Å²) in [5.74, 6) is 0.632. The van der Waals surface area contributed by atoms with Gasteiger partial charge in [-0.15, -0.1) is 0 Å². The lowest BCUT2D eigenvalue weighted by Crippen LogP contribution is -2.20. The van der Waals surface area contributed by atoms with Crippen LogP contribution in [-0.2, 0) is 0 Å². The van der Waals surface area contributed by atoms with E-state index in [0.29, 0.717) is 11.4 Å². The van der Waals surface area contributed by atoms with Crippen molar-refractivity contribution in [1.82, 2.24) is 4.98 Å². The number of ether oxygens (including phenoxy) is 2. The van der Waals surface area contributed by atoms with Gasteiger partial charge in [0, 0.05) is 17.0 Å². The topological polar surface area (TPSA) is 71.8 Å². The van der Waals surface area contributed by atoms with Gasteiger partial charge in [-0.2, -0.15) is 4.98 Å². The molecule has 16 heavy (non-hydrogen) atoms. The predicted molar refractivity (Wildman–Crippen MR) is 62.1 cm³/mol. The first kappa shape index (κ1) is 13.2. The zero-order valence-corrected chi connectivity index (χ0v) is 10.6. The first-order valence-electron chi connectivity index (χ1n) is 4.65. The van der Waals surface area contributed by atoms with Crippen molar-refractivity contribution in [2.45, 2.75) is 12.2 Å². The van der Waals surface area contributed by atoms with Crippen molar-refractivity contribution in [2.75, 3.05) is 19.5 Å². The summed E-state index contributed by atoms with van der Waals surface area (Å²) in [4.78, 5) is 4.02. The number of methoxy groups -OCH3 is 2. The van der Waals surface area contributed by atoms with Gasteiger partial charge in [0.1, 0.15) is 6.10 Å². The third-order valence-electron chi connectivity index (χ3n) is 2.11. The molecular weight excluding hydrogens is 278 g/mol. The van der Waals surface area contributed by atoms with E-state index in [1.807, 2.05) is 0 Å². The Morgan fingerprint density at radius 3 is 2.50 bits per heavy atom.